The molecule has 0 saturated carbocycles. The molecule has 2 aliphatic rings. The Morgan fingerprint density at radius 3 is 3.10 bits per heavy atom. The number of nitrogens with one attached hydrogen (secondary N) is 1. The maximum absolute atomic E-state index is 5.72. The standard InChI is InChI=1S/C14H24N4O2/c1-2-9-19-12(4-1)10-13-16-14(20-17-13)11-18-7-3-5-15-6-8-18/h12,15H,1-11H2. The predicted octanol–water partition coefficient (Wildman–Crippen LogP) is 0.976. The Bertz CT molecular complexity index is 396. The summed E-state index contributed by atoms with van der Waals surface area (Å²) in [5, 5.41) is 7.49. The maximum atomic E-state index is 5.72. The third-order valence-corrected chi connectivity index (χ3v) is 3.99. The van der Waals surface area contributed by atoms with E-state index in [0.717, 1.165) is 63.9 Å². The lowest BCUT2D eigenvalue weighted by Gasteiger charge is -2.20. The Hall–Kier alpha value is -0.980. The lowest BCUT2D eigenvalue weighted by atomic mass is 10.1. The molecule has 1 N–H and O–H groups in total. The molecule has 0 spiro atoms. The van der Waals surface area contributed by atoms with E-state index in [1.165, 1.54) is 19.3 Å². The van der Waals surface area contributed by atoms with Crippen LogP contribution in [0, 0.1) is 0 Å². The van der Waals surface area contributed by atoms with Crippen molar-refractivity contribution in [3.05, 3.63) is 11.7 Å². The van der Waals surface area contributed by atoms with Crippen molar-refractivity contribution in [2.75, 3.05) is 32.8 Å². The van der Waals surface area contributed by atoms with Crippen molar-refractivity contribution >= 4 is 0 Å². The summed E-state index contributed by atoms with van der Waals surface area (Å²) in [5.74, 6) is 1.53. The Morgan fingerprint density at radius 2 is 2.20 bits per heavy atom. The summed E-state index contributed by atoms with van der Waals surface area (Å²) in [4.78, 5) is 6.88. The lowest BCUT2D eigenvalue weighted by molar-refractivity contribution is 0.0153. The van der Waals surface area contributed by atoms with Crippen LogP contribution in [-0.4, -0.2) is 53.9 Å². The van der Waals surface area contributed by atoms with Gasteiger partial charge in [0.05, 0.1) is 12.6 Å². The van der Waals surface area contributed by atoms with Gasteiger partial charge in [-0.1, -0.05) is 5.16 Å². The molecule has 2 saturated heterocycles. The van der Waals surface area contributed by atoms with Crippen LogP contribution in [0.25, 0.3) is 0 Å². The van der Waals surface area contributed by atoms with E-state index < -0.39 is 0 Å². The van der Waals surface area contributed by atoms with E-state index in [2.05, 4.69) is 20.4 Å². The Balaban J connectivity index is 1.50. The van der Waals surface area contributed by atoms with Crippen LogP contribution in [0.2, 0.25) is 0 Å². The monoisotopic (exact) mass is 280 g/mol. The average Bonchev–Trinajstić information content (AvgIpc) is 2.74. The molecule has 20 heavy (non-hydrogen) atoms. The summed E-state index contributed by atoms with van der Waals surface area (Å²) in [5.41, 5.74) is 0. The third kappa shape index (κ3) is 4.01. The summed E-state index contributed by atoms with van der Waals surface area (Å²) >= 11 is 0. The topological polar surface area (TPSA) is 63.4 Å². The molecule has 2 fully saturated rings. The van der Waals surface area contributed by atoms with E-state index in [1.54, 1.807) is 0 Å². The summed E-state index contributed by atoms with van der Waals surface area (Å²) < 4.78 is 11.1. The molecule has 0 radical (unpaired) electrons. The smallest absolute Gasteiger partial charge is 0.240 e. The molecular formula is C14H24N4O2. The normalized spacial score (nSPS) is 25.5. The molecule has 6 nitrogen and oxygen atoms in total. The molecule has 1 unspecified atom stereocenters. The number of nitrogens with zero attached hydrogens (tertiary/aromatic N) is 3. The lowest BCUT2D eigenvalue weighted by Crippen LogP contribution is -2.27. The van der Waals surface area contributed by atoms with Crippen molar-refractivity contribution in [2.24, 2.45) is 0 Å². The van der Waals surface area contributed by atoms with E-state index in [9.17, 15) is 0 Å². The fourth-order valence-corrected chi connectivity index (χ4v) is 2.86. The molecule has 0 aliphatic carbocycles. The molecular weight excluding hydrogens is 256 g/mol. The molecule has 2 aliphatic heterocycles. The van der Waals surface area contributed by atoms with Gasteiger partial charge in [0.2, 0.25) is 5.89 Å². The minimum atomic E-state index is 0.275. The fourth-order valence-electron chi connectivity index (χ4n) is 2.86. The largest absolute Gasteiger partial charge is 0.378 e. The fraction of sp³-hybridized carbons (Fsp3) is 0.857. The number of rotatable bonds is 4. The van der Waals surface area contributed by atoms with Gasteiger partial charge in [0, 0.05) is 26.1 Å². The first-order valence-corrected chi connectivity index (χ1v) is 7.76. The molecule has 6 heteroatoms. The maximum Gasteiger partial charge on any atom is 0.240 e. The van der Waals surface area contributed by atoms with Crippen LogP contribution in [0.15, 0.2) is 4.52 Å². The number of hydrogen-bond acceptors (Lipinski definition) is 6. The number of hydrogen-bond donors (Lipinski definition) is 1. The second kappa shape index (κ2) is 7.15. The first kappa shape index (κ1) is 14.0. The molecule has 0 bridgehead atoms. The third-order valence-electron chi connectivity index (χ3n) is 3.99. The minimum Gasteiger partial charge on any atom is -0.378 e. The summed E-state index contributed by atoms with van der Waals surface area (Å²) in [7, 11) is 0. The Kier molecular flexibility index (Phi) is 5.00. The van der Waals surface area contributed by atoms with Crippen LogP contribution < -0.4 is 5.32 Å². The molecule has 1 aromatic heterocycles. The quantitative estimate of drug-likeness (QED) is 0.887. The highest BCUT2D eigenvalue weighted by Gasteiger charge is 2.19. The Labute approximate surface area is 119 Å². The van der Waals surface area contributed by atoms with Gasteiger partial charge < -0.3 is 14.6 Å². The Morgan fingerprint density at radius 1 is 1.20 bits per heavy atom. The molecule has 0 amide bonds. The van der Waals surface area contributed by atoms with Crippen LogP contribution in [0.5, 0.6) is 0 Å². The van der Waals surface area contributed by atoms with Gasteiger partial charge in [-0.2, -0.15) is 4.98 Å². The molecule has 112 valence electrons. The van der Waals surface area contributed by atoms with Crippen molar-refractivity contribution in [2.45, 2.75) is 44.8 Å². The summed E-state index contributed by atoms with van der Waals surface area (Å²) in [6, 6.07) is 0. The van der Waals surface area contributed by atoms with Crippen LogP contribution in [0.3, 0.4) is 0 Å². The highest BCUT2D eigenvalue weighted by molar-refractivity contribution is 4.90. The first-order chi connectivity index (χ1) is 9.90. The first-order valence-electron chi connectivity index (χ1n) is 7.76. The molecule has 3 rings (SSSR count). The van der Waals surface area contributed by atoms with Gasteiger partial charge in [-0.25, -0.2) is 0 Å². The van der Waals surface area contributed by atoms with Crippen LogP contribution >= 0.6 is 0 Å². The van der Waals surface area contributed by atoms with Gasteiger partial charge in [-0.15, -0.1) is 0 Å². The molecule has 1 aromatic rings. The zero-order valence-corrected chi connectivity index (χ0v) is 12.0. The zero-order chi connectivity index (χ0) is 13.6. The average molecular weight is 280 g/mol. The van der Waals surface area contributed by atoms with Crippen molar-refractivity contribution in [3.63, 3.8) is 0 Å². The second-order valence-electron chi connectivity index (χ2n) is 5.68. The number of ether oxygens (including phenoxy) is 1. The van der Waals surface area contributed by atoms with Crippen LogP contribution in [-0.2, 0) is 17.7 Å². The van der Waals surface area contributed by atoms with Crippen molar-refractivity contribution < 1.29 is 9.26 Å². The van der Waals surface area contributed by atoms with E-state index in [-0.39, 0.29) is 6.10 Å². The zero-order valence-electron chi connectivity index (χ0n) is 12.0. The van der Waals surface area contributed by atoms with Gasteiger partial charge in [-0.05, 0) is 38.8 Å². The van der Waals surface area contributed by atoms with Gasteiger partial charge in [0.15, 0.2) is 5.82 Å². The number of aromatic nitrogens is 2. The summed E-state index contributed by atoms with van der Waals surface area (Å²) in [6.07, 6.45) is 5.77. The van der Waals surface area contributed by atoms with Gasteiger partial charge >= 0.3 is 0 Å². The SMILES string of the molecule is C1CCC(Cc2noc(CN3CCCNCC3)n2)OC1. The van der Waals surface area contributed by atoms with Crippen molar-refractivity contribution in [1.29, 1.82) is 0 Å². The van der Waals surface area contributed by atoms with E-state index in [1.807, 2.05) is 0 Å². The minimum absolute atomic E-state index is 0.275. The predicted molar refractivity (Wildman–Crippen MR) is 74.4 cm³/mol. The molecule has 0 aromatic carbocycles. The highest BCUT2D eigenvalue weighted by atomic mass is 16.5. The van der Waals surface area contributed by atoms with E-state index in [0.29, 0.717) is 0 Å². The van der Waals surface area contributed by atoms with E-state index >= 15 is 0 Å². The van der Waals surface area contributed by atoms with Crippen molar-refractivity contribution in [3.8, 4) is 0 Å². The van der Waals surface area contributed by atoms with Gasteiger partial charge in [-0.3, -0.25) is 4.90 Å². The van der Waals surface area contributed by atoms with Gasteiger partial charge in [0.1, 0.15) is 0 Å². The van der Waals surface area contributed by atoms with Crippen LogP contribution in [0.1, 0.15) is 37.4 Å². The summed E-state index contributed by atoms with van der Waals surface area (Å²) in [6.45, 7) is 5.91. The molecule has 1 atom stereocenters. The highest BCUT2D eigenvalue weighted by Crippen LogP contribution is 2.16. The van der Waals surface area contributed by atoms with Gasteiger partial charge in [0.25, 0.3) is 0 Å². The van der Waals surface area contributed by atoms with Crippen molar-refractivity contribution in [1.82, 2.24) is 20.4 Å². The molecule has 3 heterocycles. The van der Waals surface area contributed by atoms with Crippen LogP contribution in [0.4, 0.5) is 0 Å². The second-order valence-corrected chi connectivity index (χ2v) is 5.68. The van der Waals surface area contributed by atoms with E-state index in [4.69, 9.17) is 9.26 Å².